The second-order valence-corrected chi connectivity index (χ2v) is 5.60. The minimum Gasteiger partial charge on any atom is -0.467 e. The quantitative estimate of drug-likeness (QED) is 0.617. The molecule has 23 heavy (non-hydrogen) atoms. The first kappa shape index (κ1) is 17.1. The smallest absolute Gasteiger partial charge is 0.411 e. The summed E-state index contributed by atoms with van der Waals surface area (Å²) in [5, 5.41) is 0. The van der Waals surface area contributed by atoms with E-state index >= 15 is 0 Å². The molecule has 1 saturated heterocycles. The van der Waals surface area contributed by atoms with E-state index in [1.807, 2.05) is 30.3 Å². The Morgan fingerprint density at radius 1 is 1.30 bits per heavy atom. The number of hydrogen-bond acceptors (Lipinski definition) is 4. The van der Waals surface area contributed by atoms with Crippen LogP contribution in [0.3, 0.4) is 0 Å². The molecular formula is C18H23NO4. The normalized spacial score (nSPS) is 20.7. The van der Waals surface area contributed by atoms with E-state index in [9.17, 15) is 9.59 Å². The summed E-state index contributed by atoms with van der Waals surface area (Å²) >= 11 is 0. The second-order valence-electron chi connectivity index (χ2n) is 5.60. The van der Waals surface area contributed by atoms with E-state index in [0.29, 0.717) is 12.8 Å². The fourth-order valence-corrected chi connectivity index (χ4v) is 2.94. The van der Waals surface area contributed by atoms with Crippen molar-refractivity contribution in [3.63, 3.8) is 0 Å². The molecule has 2 unspecified atom stereocenters. The lowest BCUT2D eigenvalue weighted by atomic mass is 9.94. The molecular weight excluding hydrogens is 294 g/mol. The molecule has 0 saturated carbocycles. The van der Waals surface area contributed by atoms with Gasteiger partial charge in [0.25, 0.3) is 0 Å². The summed E-state index contributed by atoms with van der Waals surface area (Å²) in [6.07, 6.45) is 4.23. The van der Waals surface area contributed by atoms with Crippen molar-refractivity contribution in [3.05, 3.63) is 48.6 Å². The maximum atomic E-state index is 12.5. The lowest BCUT2D eigenvalue weighted by Crippen LogP contribution is -2.53. The first-order valence-corrected chi connectivity index (χ1v) is 7.85. The molecule has 0 aliphatic carbocycles. The molecule has 0 bridgehead atoms. The Labute approximate surface area is 136 Å². The van der Waals surface area contributed by atoms with Crippen LogP contribution in [0.1, 0.15) is 31.2 Å². The molecule has 1 aromatic rings. The van der Waals surface area contributed by atoms with Crippen LogP contribution in [0.5, 0.6) is 0 Å². The van der Waals surface area contributed by atoms with Crippen molar-refractivity contribution >= 4 is 12.1 Å². The Kier molecular flexibility index (Phi) is 6.20. The summed E-state index contributed by atoms with van der Waals surface area (Å²) < 4.78 is 10.3. The zero-order valence-corrected chi connectivity index (χ0v) is 13.4. The number of ether oxygens (including phenoxy) is 2. The Balaban J connectivity index is 2.09. The van der Waals surface area contributed by atoms with Gasteiger partial charge in [-0.2, -0.15) is 0 Å². The molecule has 0 spiro atoms. The summed E-state index contributed by atoms with van der Waals surface area (Å²) in [5.74, 6) is -0.393. The summed E-state index contributed by atoms with van der Waals surface area (Å²) in [6, 6.07) is 8.81. The first-order valence-electron chi connectivity index (χ1n) is 7.85. The van der Waals surface area contributed by atoms with Gasteiger partial charge in [0.1, 0.15) is 12.6 Å². The van der Waals surface area contributed by atoms with Crippen LogP contribution in [-0.2, 0) is 20.9 Å². The maximum absolute atomic E-state index is 12.5. The van der Waals surface area contributed by atoms with Gasteiger partial charge in [0.05, 0.1) is 7.11 Å². The number of esters is 1. The maximum Gasteiger partial charge on any atom is 0.411 e. The number of carbonyl (C=O) groups is 2. The van der Waals surface area contributed by atoms with Crippen molar-refractivity contribution < 1.29 is 19.1 Å². The van der Waals surface area contributed by atoms with Gasteiger partial charge in [-0.05, 0) is 31.2 Å². The van der Waals surface area contributed by atoms with E-state index in [1.54, 1.807) is 6.08 Å². The van der Waals surface area contributed by atoms with E-state index in [2.05, 4.69) is 6.58 Å². The highest BCUT2D eigenvalue weighted by atomic mass is 16.6. The average molecular weight is 317 g/mol. The second kappa shape index (κ2) is 8.36. The van der Waals surface area contributed by atoms with Crippen LogP contribution in [0.15, 0.2) is 43.0 Å². The third kappa shape index (κ3) is 4.34. The highest BCUT2D eigenvalue weighted by molar-refractivity contribution is 5.81. The summed E-state index contributed by atoms with van der Waals surface area (Å²) in [6.45, 7) is 3.92. The number of piperidine rings is 1. The van der Waals surface area contributed by atoms with E-state index in [-0.39, 0.29) is 12.6 Å². The zero-order chi connectivity index (χ0) is 16.7. The molecule has 1 aliphatic heterocycles. The largest absolute Gasteiger partial charge is 0.467 e. The molecule has 1 aromatic carbocycles. The highest BCUT2D eigenvalue weighted by Crippen LogP contribution is 2.27. The lowest BCUT2D eigenvalue weighted by molar-refractivity contribution is -0.148. The molecule has 5 nitrogen and oxygen atoms in total. The standard InChI is InChI=1S/C18H23NO4/c1-3-8-15-11-7-12-16(17(20)22-2)19(15)18(21)23-13-14-9-5-4-6-10-14/h3-6,9-10,15-16H,1,7-8,11-13H2,2H3. The number of benzene rings is 1. The summed E-state index contributed by atoms with van der Waals surface area (Å²) in [4.78, 5) is 26.1. The third-order valence-corrected chi connectivity index (χ3v) is 4.07. The van der Waals surface area contributed by atoms with E-state index < -0.39 is 18.1 Å². The molecule has 1 fully saturated rings. The monoisotopic (exact) mass is 317 g/mol. The fraction of sp³-hybridized carbons (Fsp3) is 0.444. The van der Waals surface area contributed by atoms with Gasteiger partial charge in [0.15, 0.2) is 0 Å². The predicted molar refractivity (Wildman–Crippen MR) is 86.7 cm³/mol. The van der Waals surface area contributed by atoms with Crippen molar-refractivity contribution in [1.82, 2.24) is 4.90 Å². The van der Waals surface area contributed by atoms with Gasteiger partial charge in [0.2, 0.25) is 0 Å². The summed E-state index contributed by atoms with van der Waals surface area (Å²) in [5.41, 5.74) is 0.910. The number of rotatable bonds is 5. The van der Waals surface area contributed by atoms with E-state index in [1.165, 1.54) is 12.0 Å². The molecule has 0 N–H and O–H groups in total. The van der Waals surface area contributed by atoms with Gasteiger partial charge in [-0.3, -0.25) is 4.90 Å². The van der Waals surface area contributed by atoms with Crippen LogP contribution >= 0.6 is 0 Å². The van der Waals surface area contributed by atoms with Crippen LogP contribution < -0.4 is 0 Å². The fourth-order valence-electron chi connectivity index (χ4n) is 2.94. The van der Waals surface area contributed by atoms with Crippen molar-refractivity contribution in [2.24, 2.45) is 0 Å². The summed E-state index contributed by atoms with van der Waals surface area (Å²) in [7, 11) is 1.34. The highest BCUT2D eigenvalue weighted by Gasteiger charge is 2.39. The van der Waals surface area contributed by atoms with Gasteiger partial charge in [-0.15, -0.1) is 6.58 Å². The molecule has 0 radical (unpaired) electrons. The number of likely N-dealkylation sites (tertiary alicyclic amines) is 1. The van der Waals surface area contributed by atoms with E-state index in [4.69, 9.17) is 9.47 Å². The lowest BCUT2D eigenvalue weighted by Gasteiger charge is -2.39. The molecule has 0 aromatic heterocycles. The molecule has 2 atom stereocenters. The minimum atomic E-state index is -0.582. The van der Waals surface area contributed by atoms with Gasteiger partial charge in [-0.25, -0.2) is 9.59 Å². The topological polar surface area (TPSA) is 55.8 Å². The molecule has 1 aliphatic rings. The van der Waals surface area contributed by atoms with Crippen LogP contribution in [0, 0.1) is 0 Å². The van der Waals surface area contributed by atoms with Crippen LogP contribution in [0.25, 0.3) is 0 Å². The van der Waals surface area contributed by atoms with Gasteiger partial charge < -0.3 is 9.47 Å². The van der Waals surface area contributed by atoms with Gasteiger partial charge in [0, 0.05) is 6.04 Å². The molecule has 2 rings (SSSR count). The zero-order valence-electron chi connectivity index (χ0n) is 13.4. The minimum absolute atomic E-state index is 0.0753. The van der Waals surface area contributed by atoms with Crippen LogP contribution in [0.2, 0.25) is 0 Å². The number of nitrogens with zero attached hydrogens (tertiary/aromatic N) is 1. The molecule has 1 amide bonds. The van der Waals surface area contributed by atoms with Crippen molar-refractivity contribution in [3.8, 4) is 0 Å². The number of amides is 1. The van der Waals surface area contributed by atoms with Crippen LogP contribution in [-0.4, -0.2) is 36.2 Å². The Bertz CT molecular complexity index is 543. The third-order valence-electron chi connectivity index (χ3n) is 4.07. The van der Waals surface area contributed by atoms with Crippen molar-refractivity contribution in [1.29, 1.82) is 0 Å². The number of methoxy groups -OCH3 is 1. The van der Waals surface area contributed by atoms with Gasteiger partial charge >= 0.3 is 12.1 Å². The number of carbonyl (C=O) groups excluding carboxylic acids is 2. The van der Waals surface area contributed by atoms with Crippen molar-refractivity contribution in [2.75, 3.05) is 7.11 Å². The Hall–Kier alpha value is -2.30. The Morgan fingerprint density at radius 2 is 2.04 bits per heavy atom. The van der Waals surface area contributed by atoms with Gasteiger partial charge in [-0.1, -0.05) is 36.4 Å². The molecule has 1 heterocycles. The first-order chi connectivity index (χ1) is 11.2. The SMILES string of the molecule is C=CCC1CCCC(C(=O)OC)N1C(=O)OCc1ccccc1. The molecule has 5 heteroatoms. The van der Waals surface area contributed by atoms with Crippen LogP contribution in [0.4, 0.5) is 4.79 Å². The molecule has 124 valence electrons. The predicted octanol–water partition coefficient (Wildman–Crippen LogP) is 3.30. The average Bonchev–Trinajstić information content (AvgIpc) is 2.60. The van der Waals surface area contributed by atoms with Crippen molar-refractivity contribution in [2.45, 2.75) is 44.4 Å². The number of hydrogen-bond donors (Lipinski definition) is 0. The Morgan fingerprint density at radius 3 is 2.70 bits per heavy atom. The van der Waals surface area contributed by atoms with E-state index in [0.717, 1.165) is 18.4 Å².